The van der Waals surface area contributed by atoms with E-state index in [2.05, 4.69) is 10.2 Å². The van der Waals surface area contributed by atoms with Crippen molar-refractivity contribution in [2.75, 3.05) is 24.1 Å². The molecule has 1 amide bonds. The Kier molecular flexibility index (Phi) is 5.84. The van der Waals surface area contributed by atoms with Crippen LogP contribution in [0.3, 0.4) is 0 Å². The van der Waals surface area contributed by atoms with Crippen LogP contribution in [0.2, 0.25) is 5.02 Å². The first-order chi connectivity index (χ1) is 20.5. The van der Waals surface area contributed by atoms with E-state index in [0.29, 0.717) is 29.3 Å². The number of thioether (sulfide) groups is 1. The second-order valence-corrected chi connectivity index (χ2v) is 12.9. The summed E-state index contributed by atoms with van der Waals surface area (Å²) in [6.07, 6.45) is 1.12. The highest BCUT2D eigenvalue weighted by molar-refractivity contribution is 7.99. The van der Waals surface area contributed by atoms with Gasteiger partial charge in [-0.25, -0.2) is 0 Å². The Hall–Kier alpha value is -3.65. The number of fused-ring (bicyclic) bond motifs is 6. The van der Waals surface area contributed by atoms with Gasteiger partial charge in [-0.05, 0) is 73.0 Å². The summed E-state index contributed by atoms with van der Waals surface area (Å²) in [5.41, 5.74) is 3.79. The number of nitrogens with one attached hydrogen (secondary N) is 1. The number of carbonyl (C=O) groups is 2. The van der Waals surface area contributed by atoms with Crippen molar-refractivity contribution in [2.45, 2.75) is 30.3 Å². The number of hydrogen-bond acceptors (Lipinski definition) is 6. The fourth-order valence-electron chi connectivity index (χ4n) is 8.17. The number of para-hydroxylation sites is 1. The Bertz CT molecular complexity index is 1760. The molecule has 8 rings (SSSR count). The minimum atomic E-state index is -1.12. The topological polar surface area (TPSA) is 71.5 Å². The minimum absolute atomic E-state index is 0.00346. The number of pyridine rings is 1. The maximum Gasteiger partial charge on any atom is 0.250 e. The molecule has 1 aliphatic carbocycles. The number of nitrogens with zero attached hydrogens (tertiary/aromatic N) is 2. The summed E-state index contributed by atoms with van der Waals surface area (Å²) in [5.74, 6) is 2.02. The van der Waals surface area contributed by atoms with E-state index in [1.807, 2.05) is 96.7 Å². The molecule has 2 saturated heterocycles. The Morgan fingerprint density at radius 2 is 1.79 bits per heavy atom. The molecule has 0 unspecified atom stereocenters. The molecule has 4 aromatic rings. The molecule has 3 aromatic carbocycles. The number of Topliss-reactive ketones (excluding diaryl/α,β-unsaturated/α-hetero) is 1. The largest absolute Gasteiger partial charge is 0.497 e. The van der Waals surface area contributed by atoms with Crippen LogP contribution in [0.4, 0.5) is 5.69 Å². The standard InChI is InChI=1S/C34H28ClN3O3S/c1-41-23-12-8-20(9-13-23)26-15-14-24-27(36-26)16-17-33(31(24)39)30(21-6-10-22(35)11-7-21)29-18-42-19-38(29)34(33)25-4-2-3-5-28(25)37-32(34)40/h2-15,29-30H,16-19H2,1H3,(H,37,40)/t29-,30-,33-,34-/m1/s1. The summed E-state index contributed by atoms with van der Waals surface area (Å²) >= 11 is 8.16. The van der Waals surface area contributed by atoms with Gasteiger partial charge >= 0.3 is 0 Å². The van der Waals surface area contributed by atoms with Crippen LogP contribution in [0.5, 0.6) is 5.75 Å². The van der Waals surface area contributed by atoms with Crippen LogP contribution >= 0.6 is 23.4 Å². The lowest BCUT2D eigenvalue weighted by Gasteiger charge is -2.48. The maximum atomic E-state index is 15.3. The van der Waals surface area contributed by atoms with Crippen LogP contribution in [0, 0.1) is 5.41 Å². The Balaban J connectivity index is 1.34. The van der Waals surface area contributed by atoms with Gasteiger partial charge in [-0.1, -0.05) is 41.9 Å². The molecular weight excluding hydrogens is 566 g/mol. The van der Waals surface area contributed by atoms with Crippen molar-refractivity contribution < 1.29 is 14.3 Å². The number of hydrogen-bond donors (Lipinski definition) is 1. The smallest absolute Gasteiger partial charge is 0.250 e. The highest BCUT2D eigenvalue weighted by Crippen LogP contribution is 2.70. The first kappa shape index (κ1) is 26.0. The van der Waals surface area contributed by atoms with E-state index in [-0.39, 0.29) is 23.7 Å². The van der Waals surface area contributed by atoms with E-state index in [4.69, 9.17) is 21.3 Å². The monoisotopic (exact) mass is 593 g/mol. The molecule has 3 aliphatic heterocycles. The second-order valence-electron chi connectivity index (χ2n) is 11.5. The van der Waals surface area contributed by atoms with E-state index in [9.17, 15) is 4.79 Å². The minimum Gasteiger partial charge on any atom is -0.497 e. The SMILES string of the molecule is COc1ccc(-c2ccc3c(n2)CC[C@]2(C3=O)[C@H](c3ccc(Cl)cc3)[C@H]3CSCN3[C@]23C(=O)Nc2ccccc23)cc1. The summed E-state index contributed by atoms with van der Waals surface area (Å²) in [6, 6.07) is 27.4. The molecule has 2 spiro atoms. The van der Waals surface area contributed by atoms with Crippen LogP contribution in [-0.4, -0.2) is 46.4 Å². The highest BCUT2D eigenvalue weighted by Gasteiger charge is 2.78. The second kappa shape index (κ2) is 9.43. The Morgan fingerprint density at radius 3 is 2.57 bits per heavy atom. The third-order valence-corrected chi connectivity index (χ3v) is 11.1. The lowest BCUT2D eigenvalue weighted by Crippen LogP contribution is -2.60. The number of aromatic nitrogens is 1. The van der Waals surface area contributed by atoms with E-state index in [0.717, 1.165) is 45.3 Å². The van der Waals surface area contributed by atoms with Gasteiger partial charge in [0.1, 0.15) is 11.3 Å². The molecule has 0 radical (unpaired) electrons. The molecule has 4 aliphatic rings. The van der Waals surface area contributed by atoms with Gasteiger partial charge in [0.15, 0.2) is 5.78 Å². The van der Waals surface area contributed by atoms with Gasteiger partial charge in [-0.15, -0.1) is 11.8 Å². The number of ketones is 1. The van der Waals surface area contributed by atoms with Crippen molar-refractivity contribution in [1.82, 2.24) is 9.88 Å². The van der Waals surface area contributed by atoms with Crippen molar-refractivity contribution in [2.24, 2.45) is 5.41 Å². The van der Waals surface area contributed by atoms with Crippen molar-refractivity contribution in [3.8, 4) is 17.0 Å². The average molecular weight is 594 g/mol. The Labute approximate surface area is 253 Å². The van der Waals surface area contributed by atoms with E-state index < -0.39 is 11.0 Å². The number of methoxy groups -OCH3 is 1. The zero-order valence-corrected chi connectivity index (χ0v) is 24.5. The van der Waals surface area contributed by atoms with Gasteiger partial charge in [0.2, 0.25) is 0 Å². The molecule has 42 heavy (non-hydrogen) atoms. The third-order valence-electron chi connectivity index (χ3n) is 9.80. The molecule has 0 bridgehead atoms. The number of carbonyl (C=O) groups excluding carboxylic acids is 2. The lowest BCUT2D eigenvalue weighted by molar-refractivity contribution is -0.131. The van der Waals surface area contributed by atoms with Crippen LogP contribution < -0.4 is 10.1 Å². The van der Waals surface area contributed by atoms with Crippen molar-refractivity contribution >= 4 is 40.7 Å². The lowest BCUT2D eigenvalue weighted by atomic mass is 9.53. The number of halogens is 1. The van der Waals surface area contributed by atoms with Crippen LogP contribution in [0.25, 0.3) is 11.3 Å². The molecule has 1 N–H and O–H groups in total. The molecular formula is C34H28ClN3O3S. The number of benzene rings is 3. The first-order valence-corrected chi connectivity index (χ1v) is 15.7. The molecule has 1 aromatic heterocycles. The van der Waals surface area contributed by atoms with Gasteiger partial charge in [-0.3, -0.25) is 19.5 Å². The molecule has 4 heterocycles. The predicted molar refractivity (Wildman–Crippen MR) is 165 cm³/mol. The highest BCUT2D eigenvalue weighted by atomic mass is 35.5. The van der Waals surface area contributed by atoms with Gasteiger partial charge in [0, 0.05) is 51.0 Å². The van der Waals surface area contributed by atoms with Crippen LogP contribution in [0.15, 0.2) is 84.9 Å². The van der Waals surface area contributed by atoms with Gasteiger partial charge in [0.25, 0.3) is 5.91 Å². The van der Waals surface area contributed by atoms with E-state index >= 15 is 4.79 Å². The summed E-state index contributed by atoms with van der Waals surface area (Å²) in [7, 11) is 1.65. The zero-order valence-electron chi connectivity index (χ0n) is 23.0. The normalized spacial score (nSPS) is 27.7. The first-order valence-electron chi connectivity index (χ1n) is 14.2. The van der Waals surface area contributed by atoms with E-state index in [1.165, 1.54) is 0 Å². The molecule has 4 atom stereocenters. The number of amides is 1. The number of aryl methyl sites for hydroxylation is 1. The zero-order chi connectivity index (χ0) is 28.6. The molecule has 2 fully saturated rings. The van der Waals surface area contributed by atoms with Crippen LogP contribution in [-0.2, 0) is 16.8 Å². The average Bonchev–Trinajstić information content (AvgIpc) is 3.67. The quantitative estimate of drug-likeness (QED) is 0.291. The predicted octanol–water partition coefficient (Wildman–Crippen LogP) is 6.55. The molecule has 210 valence electrons. The fourth-order valence-corrected chi connectivity index (χ4v) is 9.60. The number of rotatable bonds is 3. The maximum absolute atomic E-state index is 15.3. The third kappa shape index (κ3) is 3.30. The van der Waals surface area contributed by atoms with E-state index in [1.54, 1.807) is 7.11 Å². The van der Waals surface area contributed by atoms with Crippen molar-refractivity contribution in [3.05, 3.63) is 112 Å². The number of anilines is 1. The summed E-state index contributed by atoms with van der Waals surface area (Å²) in [4.78, 5) is 37.1. The van der Waals surface area contributed by atoms with Crippen molar-refractivity contribution in [3.63, 3.8) is 0 Å². The summed E-state index contributed by atoms with van der Waals surface area (Å²) < 4.78 is 5.32. The van der Waals surface area contributed by atoms with Gasteiger partial charge in [0.05, 0.1) is 23.9 Å². The fraction of sp³-hybridized carbons (Fsp3) is 0.265. The van der Waals surface area contributed by atoms with Gasteiger partial charge < -0.3 is 10.1 Å². The number of ether oxygens (including phenoxy) is 1. The molecule has 6 nitrogen and oxygen atoms in total. The van der Waals surface area contributed by atoms with Crippen molar-refractivity contribution in [1.29, 1.82) is 0 Å². The molecule has 8 heteroatoms. The summed E-state index contributed by atoms with van der Waals surface area (Å²) in [6.45, 7) is 0. The Morgan fingerprint density at radius 1 is 1.00 bits per heavy atom. The summed E-state index contributed by atoms with van der Waals surface area (Å²) in [5, 5.41) is 3.84. The van der Waals surface area contributed by atoms with Crippen LogP contribution in [0.1, 0.15) is 39.5 Å². The molecule has 0 saturated carbocycles. The van der Waals surface area contributed by atoms with Gasteiger partial charge in [-0.2, -0.15) is 0 Å².